The van der Waals surface area contributed by atoms with Gasteiger partial charge in [-0.25, -0.2) is 4.79 Å². The predicted molar refractivity (Wildman–Crippen MR) is 93.6 cm³/mol. The van der Waals surface area contributed by atoms with Crippen LogP contribution in [-0.4, -0.2) is 49.1 Å². The van der Waals surface area contributed by atoms with Crippen molar-refractivity contribution >= 4 is 29.4 Å². The number of carbonyl (C=O) groups excluding carboxylic acids is 2. The van der Waals surface area contributed by atoms with E-state index in [0.29, 0.717) is 26.2 Å². The third-order valence-electron chi connectivity index (χ3n) is 3.60. The molecule has 1 saturated carbocycles. The van der Waals surface area contributed by atoms with E-state index >= 15 is 0 Å². The number of ether oxygens (including phenoxy) is 3. The maximum atomic E-state index is 11.8. The normalized spacial score (nSPS) is 20.2. The highest BCUT2D eigenvalue weighted by Crippen LogP contribution is 2.43. The molecule has 7 nitrogen and oxygen atoms in total. The molecule has 8 heteroatoms. The van der Waals surface area contributed by atoms with Gasteiger partial charge < -0.3 is 19.5 Å². The molecule has 0 spiro atoms. The van der Waals surface area contributed by atoms with E-state index in [0.717, 1.165) is 6.42 Å². The van der Waals surface area contributed by atoms with Crippen LogP contribution in [0.3, 0.4) is 0 Å². The summed E-state index contributed by atoms with van der Waals surface area (Å²) < 4.78 is 15.4. The van der Waals surface area contributed by atoms with Crippen molar-refractivity contribution in [3.8, 4) is 0 Å². The topological polar surface area (TPSA) is 85.9 Å². The van der Waals surface area contributed by atoms with Crippen molar-refractivity contribution in [2.75, 3.05) is 19.8 Å². The van der Waals surface area contributed by atoms with Gasteiger partial charge in [-0.1, -0.05) is 0 Å². The van der Waals surface area contributed by atoms with Crippen LogP contribution in [0.15, 0.2) is 0 Å². The molecule has 0 aliphatic heterocycles. The summed E-state index contributed by atoms with van der Waals surface area (Å²) in [5.74, 6) is -0.163. The summed E-state index contributed by atoms with van der Waals surface area (Å²) in [6.07, 6.45) is 0.624. The van der Waals surface area contributed by atoms with Crippen LogP contribution >= 0.6 is 12.2 Å². The van der Waals surface area contributed by atoms with E-state index in [2.05, 4.69) is 10.6 Å². The lowest BCUT2D eigenvalue weighted by atomic mass is 10.1. The van der Waals surface area contributed by atoms with Crippen LogP contribution in [0.5, 0.6) is 0 Å². The van der Waals surface area contributed by atoms with E-state index in [1.807, 2.05) is 6.92 Å². The Kier molecular flexibility index (Phi) is 8.99. The Bertz CT molecular complexity index is 444. The molecule has 1 aliphatic rings. The number of rotatable bonds is 9. The molecular formula is C16H28N2O5S. The van der Waals surface area contributed by atoms with Gasteiger partial charge in [0.15, 0.2) is 5.11 Å². The van der Waals surface area contributed by atoms with E-state index in [4.69, 9.17) is 26.4 Å². The smallest absolute Gasteiger partial charge is 0.413 e. The Morgan fingerprint density at radius 2 is 1.96 bits per heavy atom. The van der Waals surface area contributed by atoms with Gasteiger partial charge in [0, 0.05) is 19.3 Å². The van der Waals surface area contributed by atoms with Crippen molar-refractivity contribution in [2.45, 2.75) is 52.7 Å². The van der Waals surface area contributed by atoms with E-state index < -0.39 is 6.09 Å². The van der Waals surface area contributed by atoms with Gasteiger partial charge >= 0.3 is 12.1 Å². The first-order valence-electron chi connectivity index (χ1n) is 8.41. The van der Waals surface area contributed by atoms with Gasteiger partial charge in [0.2, 0.25) is 0 Å². The fourth-order valence-electron chi connectivity index (χ4n) is 2.47. The molecule has 0 bridgehead atoms. The molecule has 2 N–H and O–H groups in total. The number of hydrogen-bond acceptors (Lipinski definition) is 6. The molecule has 24 heavy (non-hydrogen) atoms. The van der Waals surface area contributed by atoms with Crippen LogP contribution in [0, 0.1) is 11.8 Å². The van der Waals surface area contributed by atoms with Gasteiger partial charge in [0.05, 0.1) is 18.6 Å². The van der Waals surface area contributed by atoms with Gasteiger partial charge in [0.1, 0.15) is 0 Å². The summed E-state index contributed by atoms with van der Waals surface area (Å²) in [4.78, 5) is 23.4. The molecule has 0 aromatic heterocycles. The number of nitrogens with one attached hydrogen (secondary N) is 2. The molecule has 0 radical (unpaired) electrons. The van der Waals surface area contributed by atoms with E-state index in [1.54, 1.807) is 20.8 Å². The number of thiocarbonyl (C=S) groups is 1. The maximum absolute atomic E-state index is 11.8. The largest absolute Gasteiger partial charge is 0.466 e. The highest BCUT2D eigenvalue weighted by atomic mass is 32.1. The minimum atomic E-state index is -0.594. The zero-order valence-electron chi connectivity index (χ0n) is 14.8. The molecule has 0 heterocycles. The van der Waals surface area contributed by atoms with Gasteiger partial charge in [-0.15, -0.1) is 0 Å². The SMILES string of the molecule is CCOCC[C@@H](NC(=S)NC(=O)OC(C)C)[C@H]1C[C@@H]1C(=O)OCC. The van der Waals surface area contributed by atoms with Crippen LogP contribution in [0.2, 0.25) is 0 Å². The molecule has 1 rings (SSSR count). The summed E-state index contributed by atoms with van der Waals surface area (Å²) in [7, 11) is 0. The van der Waals surface area contributed by atoms with Crippen LogP contribution < -0.4 is 10.6 Å². The summed E-state index contributed by atoms with van der Waals surface area (Å²) in [6.45, 7) is 8.79. The van der Waals surface area contributed by atoms with Gasteiger partial charge in [0.25, 0.3) is 0 Å². The molecule has 1 aliphatic carbocycles. The van der Waals surface area contributed by atoms with Gasteiger partial charge in [-0.3, -0.25) is 10.1 Å². The van der Waals surface area contributed by atoms with Crippen molar-refractivity contribution in [3.05, 3.63) is 0 Å². The standard InChI is InChI=1S/C16H28N2O5S/c1-5-21-8-7-13(11-9-12(11)14(19)22-6-2)17-15(24)18-16(20)23-10(3)4/h10-13H,5-9H2,1-4H3,(H2,17,18,20,24)/t11-,12-,13+/m0/s1. The number of amides is 1. The molecule has 0 unspecified atom stereocenters. The zero-order valence-corrected chi connectivity index (χ0v) is 15.6. The van der Waals surface area contributed by atoms with E-state index in [-0.39, 0.29) is 35.1 Å². The second kappa shape index (κ2) is 10.5. The third kappa shape index (κ3) is 7.44. The van der Waals surface area contributed by atoms with Crippen molar-refractivity contribution in [1.82, 2.24) is 10.6 Å². The zero-order chi connectivity index (χ0) is 18.1. The molecule has 1 amide bonds. The van der Waals surface area contributed by atoms with Crippen molar-refractivity contribution in [1.29, 1.82) is 0 Å². The molecule has 1 fully saturated rings. The average molecular weight is 360 g/mol. The summed E-state index contributed by atoms with van der Waals surface area (Å²) in [5, 5.41) is 5.78. The molecule has 0 aromatic carbocycles. The van der Waals surface area contributed by atoms with Crippen LogP contribution in [0.25, 0.3) is 0 Å². The molecule has 0 saturated heterocycles. The van der Waals surface area contributed by atoms with E-state index in [9.17, 15) is 9.59 Å². The molecular weight excluding hydrogens is 332 g/mol. The number of esters is 1. The Labute approximate surface area is 148 Å². The monoisotopic (exact) mass is 360 g/mol. The van der Waals surface area contributed by atoms with Crippen molar-refractivity contribution in [3.63, 3.8) is 0 Å². The Hall–Kier alpha value is -1.41. The molecule has 3 atom stereocenters. The third-order valence-corrected chi connectivity index (χ3v) is 3.82. The highest BCUT2D eigenvalue weighted by Gasteiger charge is 2.48. The summed E-state index contributed by atoms with van der Waals surface area (Å²) in [6, 6.07) is -0.0576. The quantitative estimate of drug-likeness (QED) is 0.369. The number of carbonyl (C=O) groups is 2. The second-order valence-corrected chi connectivity index (χ2v) is 6.31. The second-order valence-electron chi connectivity index (χ2n) is 5.90. The first-order valence-corrected chi connectivity index (χ1v) is 8.82. The first kappa shape index (κ1) is 20.6. The first-order chi connectivity index (χ1) is 11.4. The number of hydrogen-bond donors (Lipinski definition) is 2. The van der Waals surface area contributed by atoms with Gasteiger partial charge in [-0.05, 0) is 58.7 Å². The molecule has 138 valence electrons. The van der Waals surface area contributed by atoms with Gasteiger partial charge in [-0.2, -0.15) is 0 Å². The van der Waals surface area contributed by atoms with Crippen LogP contribution in [0.1, 0.15) is 40.5 Å². The Morgan fingerprint density at radius 1 is 1.25 bits per heavy atom. The van der Waals surface area contributed by atoms with Crippen molar-refractivity contribution in [2.24, 2.45) is 11.8 Å². The van der Waals surface area contributed by atoms with Crippen molar-refractivity contribution < 1.29 is 23.8 Å². The Balaban J connectivity index is 2.52. The lowest BCUT2D eigenvalue weighted by Gasteiger charge is -2.21. The lowest BCUT2D eigenvalue weighted by Crippen LogP contribution is -2.46. The Morgan fingerprint density at radius 3 is 2.54 bits per heavy atom. The summed E-state index contributed by atoms with van der Waals surface area (Å²) in [5.41, 5.74) is 0. The average Bonchev–Trinajstić information content (AvgIpc) is 3.26. The van der Waals surface area contributed by atoms with Crippen LogP contribution in [0.4, 0.5) is 4.79 Å². The highest BCUT2D eigenvalue weighted by molar-refractivity contribution is 7.80. The minimum Gasteiger partial charge on any atom is -0.466 e. The fraction of sp³-hybridized carbons (Fsp3) is 0.812. The predicted octanol–water partition coefficient (Wildman–Crippen LogP) is 1.99. The summed E-state index contributed by atoms with van der Waals surface area (Å²) >= 11 is 5.16. The minimum absolute atomic E-state index is 0.0576. The van der Waals surface area contributed by atoms with Crippen LogP contribution in [-0.2, 0) is 19.0 Å². The number of alkyl carbamates (subject to hydrolysis) is 1. The lowest BCUT2D eigenvalue weighted by molar-refractivity contribution is -0.145. The van der Waals surface area contributed by atoms with E-state index in [1.165, 1.54) is 0 Å². The molecule has 0 aromatic rings. The maximum Gasteiger partial charge on any atom is 0.413 e. The fourth-order valence-corrected chi connectivity index (χ4v) is 2.70.